The van der Waals surface area contributed by atoms with Crippen molar-refractivity contribution in [2.45, 2.75) is 6.42 Å². The number of ether oxygens (including phenoxy) is 2. The maximum atomic E-state index is 13.2. The summed E-state index contributed by atoms with van der Waals surface area (Å²) in [5.74, 6) is 0.0917. The number of aromatic nitrogens is 1. The van der Waals surface area contributed by atoms with E-state index in [9.17, 15) is 9.59 Å². The Hall–Kier alpha value is -2.69. The summed E-state index contributed by atoms with van der Waals surface area (Å²) >= 11 is 12.4. The van der Waals surface area contributed by atoms with Crippen molar-refractivity contribution in [3.05, 3.63) is 57.5 Å². The first-order valence-corrected chi connectivity index (χ1v) is 12.3. The lowest BCUT2D eigenvalue weighted by Gasteiger charge is -2.34. The molecule has 9 nitrogen and oxygen atoms in total. The summed E-state index contributed by atoms with van der Waals surface area (Å²) < 4.78 is 16.7. The number of carbonyl (C=O) groups excluding carboxylic acids is 2. The molecule has 1 aliphatic heterocycles. The third-order valence-electron chi connectivity index (χ3n) is 6.12. The Kier molecular flexibility index (Phi) is 8.81. The number of aliphatic hydroxyl groups is 1. The number of furan rings is 1. The number of Topliss-reactive ketones (excluding diaryl/α,β-unsaturated/α-hetero) is 1. The molecule has 0 spiro atoms. The molecule has 3 aromatic rings. The predicted molar refractivity (Wildman–Crippen MR) is 135 cm³/mol. The zero-order valence-electron chi connectivity index (χ0n) is 19.8. The molecule has 0 saturated carbocycles. The highest BCUT2D eigenvalue weighted by molar-refractivity contribution is 6.36. The molecule has 4 rings (SSSR count). The van der Waals surface area contributed by atoms with E-state index in [0.717, 1.165) is 6.54 Å². The number of carbonyl (C=O) groups is 2. The van der Waals surface area contributed by atoms with Gasteiger partial charge >= 0.3 is 0 Å². The Balaban J connectivity index is 1.52. The van der Waals surface area contributed by atoms with Crippen LogP contribution in [0, 0.1) is 0 Å². The van der Waals surface area contributed by atoms with Gasteiger partial charge in [-0.3, -0.25) is 19.5 Å². The maximum Gasteiger partial charge on any atom is 0.289 e. The molecular formula is C25H27Cl2N3O6. The van der Waals surface area contributed by atoms with E-state index in [-0.39, 0.29) is 30.5 Å². The fourth-order valence-corrected chi connectivity index (χ4v) is 4.66. The molecule has 11 heteroatoms. The van der Waals surface area contributed by atoms with Gasteiger partial charge in [-0.05, 0) is 18.2 Å². The average molecular weight is 536 g/mol. The van der Waals surface area contributed by atoms with E-state index in [2.05, 4.69) is 9.88 Å². The smallest absolute Gasteiger partial charge is 0.289 e. The molecule has 0 aliphatic carbocycles. The lowest BCUT2D eigenvalue weighted by Crippen LogP contribution is -2.49. The Labute approximate surface area is 218 Å². The third kappa shape index (κ3) is 5.82. The number of aliphatic hydroxyl groups excluding tert-OH is 1. The number of halogens is 2. The third-order valence-corrected chi connectivity index (χ3v) is 6.77. The molecule has 36 heavy (non-hydrogen) atoms. The van der Waals surface area contributed by atoms with Crippen molar-refractivity contribution in [2.75, 3.05) is 59.7 Å². The highest BCUT2D eigenvalue weighted by atomic mass is 35.5. The molecule has 0 unspecified atom stereocenters. The fraction of sp³-hybridized carbons (Fsp3) is 0.400. The summed E-state index contributed by atoms with van der Waals surface area (Å²) in [7, 11) is 1.50. The van der Waals surface area contributed by atoms with Gasteiger partial charge in [0.1, 0.15) is 0 Å². The van der Waals surface area contributed by atoms with Crippen LogP contribution in [0.4, 0.5) is 0 Å². The van der Waals surface area contributed by atoms with Crippen molar-refractivity contribution in [3.63, 3.8) is 0 Å². The Morgan fingerprint density at radius 3 is 2.50 bits per heavy atom. The van der Waals surface area contributed by atoms with E-state index in [0.29, 0.717) is 77.3 Å². The average Bonchev–Trinajstić information content (AvgIpc) is 3.34. The van der Waals surface area contributed by atoms with Crippen LogP contribution in [0.15, 0.2) is 35.0 Å². The first-order chi connectivity index (χ1) is 17.4. The molecule has 2 aromatic heterocycles. The summed E-state index contributed by atoms with van der Waals surface area (Å²) in [6.07, 6.45) is 2.85. The zero-order chi connectivity index (χ0) is 25.7. The second kappa shape index (κ2) is 12.0. The molecule has 1 N–H and O–H groups in total. The van der Waals surface area contributed by atoms with Crippen molar-refractivity contribution in [3.8, 4) is 5.75 Å². The first kappa shape index (κ1) is 26.4. The lowest BCUT2D eigenvalue weighted by atomic mass is 10.00. The Morgan fingerprint density at radius 1 is 1.11 bits per heavy atom. The van der Waals surface area contributed by atoms with E-state index < -0.39 is 0 Å². The van der Waals surface area contributed by atoms with Crippen LogP contribution in [0.3, 0.4) is 0 Å². The van der Waals surface area contributed by atoms with Crippen molar-refractivity contribution >= 4 is 45.9 Å². The molecule has 1 saturated heterocycles. The van der Waals surface area contributed by atoms with E-state index in [4.69, 9.17) is 42.2 Å². The van der Waals surface area contributed by atoms with Crippen molar-refractivity contribution < 1.29 is 28.6 Å². The van der Waals surface area contributed by atoms with Crippen LogP contribution in [0.5, 0.6) is 5.75 Å². The number of fused-ring (bicyclic) bond motifs is 1. The van der Waals surface area contributed by atoms with Gasteiger partial charge in [-0.15, -0.1) is 0 Å². The van der Waals surface area contributed by atoms with Gasteiger partial charge in [0.25, 0.3) is 5.91 Å². The highest BCUT2D eigenvalue weighted by Crippen LogP contribution is 2.34. The molecule has 1 aromatic carbocycles. The van der Waals surface area contributed by atoms with Crippen LogP contribution >= 0.6 is 23.2 Å². The Bertz CT molecular complexity index is 1220. The van der Waals surface area contributed by atoms with Crippen LogP contribution in [-0.2, 0) is 11.2 Å². The molecule has 192 valence electrons. The van der Waals surface area contributed by atoms with E-state index in [1.807, 2.05) is 0 Å². The quantitative estimate of drug-likeness (QED) is 0.311. The second-order valence-corrected chi connectivity index (χ2v) is 9.13. The first-order valence-electron chi connectivity index (χ1n) is 11.5. The monoisotopic (exact) mass is 535 g/mol. The van der Waals surface area contributed by atoms with Gasteiger partial charge in [-0.1, -0.05) is 23.2 Å². The number of hydrogen-bond acceptors (Lipinski definition) is 8. The normalized spacial score (nSPS) is 14.4. The highest BCUT2D eigenvalue weighted by Gasteiger charge is 2.27. The molecular weight excluding hydrogens is 509 g/mol. The fourth-order valence-electron chi connectivity index (χ4n) is 4.16. The minimum Gasteiger partial charge on any atom is -0.493 e. The van der Waals surface area contributed by atoms with Crippen LogP contribution in [-0.4, -0.2) is 91.2 Å². The number of methoxy groups -OCH3 is 1. The van der Waals surface area contributed by atoms with E-state index >= 15 is 0 Å². The van der Waals surface area contributed by atoms with Crippen molar-refractivity contribution in [2.24, 2.45) is 0 Å². The van der Waals surface area contributed by atoms with Crippen molar-refractivity contribution in [1.29, 1.82) is 0 Å². The minimum atomic E-state index is -0.247. The summed E-state index contributed by atoms with van der Waals surface area (Å²) in [6, 6.07) is 4.88. The number of hydrogen-bond donors (Lipinski definition) is 1. The lowest BCUT2D eigenvalue weighted by molar-refractivity contribution is 0.0470. The van der Waals surface area contributed by atoms with E-state index in [1.54, 1.807) is 23.1 Å². The second-order valence-electron chi connectivity index (χ2n) is 8.32. The molecule has 0 radical (unpaired) electrons. The summed E-state index contributed by atoms with van der Waals surface area (Å²) in [6.45, 7) is 4.08. The van der Waals surface area contributed by atoms with Gasteiger partial charge in [-0.25, -0.2) is 0 Å². The van der Waals surface area contributed by atoms with Gasteiger partial charge in [0.05, 0.1) is 37.0 Å². The van der Waals surface area contributed by atoms with E-state index in [1.165, 1.54) is 19.5 Å². The number of rotatable bonds is 10. The minimum absolute atomic E-state index is 0.00308. The summed E-state index contributed by atoms with van der Waals surface area (Å²) in [4.78, 5) is 34.3. The van der Waals surface area contributed by atoms with Crippen LogP contribution < -0.4 is 4.74 Å². The standard InChI is InChI=1S/C25H27Cl2N3O6/c1-34-22-3-2-16(21(32)12-18-19(26)14-28-15-20(18)27)17-13-23(36-24(17)22)25(33)30-6-4-29(5-7-30)8-10-35-11-9-31/h2-3,13-15,31H,4-12H2,1H3. The molecule has 1 amide bonds. The molecule has 1 aliphatic rings. The number of ketones is 1. The van der Waals surface area contributed by atoms with Gasteiger partial charge in [0.2, 0.25) is 0 Å². The summed E-state index contributed by atoms with van der Waals surface area (Å²) in [5.41, 5.74) is 1.20. The van der Waals surface area contributed by atoms with Crippen LogP contribution in [0.1, 0.15) is 26.5 Å². The number of piperazine rings is 1. The predicted octanol–water partition coefficient (Wildman–Crippen LogP) is 3.34. The number of benzene rings is 1. The largest absolute Gasteiger partial charge is 0.493 e. The van der Waals surface area contributed by atoms with Gasteiger partial charge in [0.15, 0.2) is 22.9 Å². The molecule has 3 heterocycles. The Morgan fingerprint density at radius 2 is 1.83 bits per heavy atom. The zero-order valence-corrected chi connectivity index (χ0v) is 21.3. The topological polar surface area (TPSA) is 105 Å². The van der Waals surface area contributed by atoms with Crippen molar-refractivity contribution in [1.82, 2.24) is 14.8 Å². The number of nitrogens with zero attached hydrogens (tertiary/aromatic N) is 3. The number of amides is 1. The molecule has 1 fully saturated rings. The molecule has 0 atom stereocenters. The van der Waals surface area contributed by atoms with Crippen LogP contribution in [0.2, 0.25) is 10.0 Å². The molecule has 0 bridgehead atoms. The maximum absolute atomic E-state index is 13.2. The number of pyridine rings is 1. The van der Waals surface area contributed by atoms with Gasteiger partial charge < -0.3 is 23.9 Å². The van der Waals surface area contributed by atoms with Gasteiger partial charge in [0, 0.05) is 68.1 Å². The van der Waals surface area contributed by atoms with Gasteiger partial charge in [-0.2, -0.15) is 0 Å². The van der Waals surface area contributed by atoms with Crippen LogP contribution in [0.25, 0.3) is 11.0 Å². The SMILES string of the molecule is COc1ccc(C(=O)Cc2c(Cl)cncc2Cl)c2cc(C(=O)N3CCN(CCOCCO)CC3)oc12. The summed E-state index contributed by atoms with van der Waals surface area (Å²) in [5, 5.41) is 9.90.